The molecule has 3 rings (SSSR count). The molecule has 0 atom stereocenters. The van der Waals surface area contributed by atoms with E-state index in [0.717, 1.165) is 12.0 Å². The van der Waals surface area contributed by atoms with Gasteiger partial charge in [0.2, 0.25) is 0 Å². The molecule has 0 saturated carbocycles. The minimum absolute atomic E-state index is 0.160. The molecule has 0 bridgehead atoms. The van der Waals surface area contributed by atoms with Crippen LogP contribution >= 0.6 is 0 Å². The van der Waals surface area contributed by atoms with E-state index in [1.165, 1.54) is 22.3 Å². The van der Waals surface area contributed by atoms with E-state index in [9.17, 15) is 4.79 Å². The molecule has 3 aromatic carbocycles. The monoisotopic (exact) mass is 414 g/mol. The number of hydrogen-bond donors (Lipinski definition) is 0. The molecule has 0 spiro atoms. The number of benzene rings is 3. The van der Waals surface area contributed by atoms with Crippen LogP contribution in [0.2, 0.25) is 0 Å². The van der Waals surface area contributed by atoms with Gasteiger partial charge in [0, 0.05) is 5.41 Å². The molecule has 0 saturated heterocycles. The third-order valence-corrected chi connectivity index (χ3v) is 6.67. The highest BCUT2D eigenvalue weighted by Gasteiger charge is 2.27. The summed E-state index contributed by atoms with van der Waals surface area (Å²) in [5.74, 6) is 0.269. The molecule has 2 heteroatoms. The summed E-state index contributed by atoms with van der Waals surface area (Å²) in [6, 6.07) is 22.1. The molecule has 3 aromatic rings. The van der Waals surface area contributed by atoms with Crippen molar-refractivity contribution in [2.24, 2.45) is 0 Å². The van der Waals surface area contributed by atoms with Crippen molar-refractivity contribution in [3.8, 4) is 5.75 Å². The molecular formula is C29H34O2. The number of hydrogen-bond acceptors (Lipinski definition) is 2. The van der Waals surface area contributed by atoms with Gasteiger partial charge in [0.25, 0.3) is 0 Å². The fraction of sp³-hybridized carbons (Fsp3) is 0.345. The number of carbonyl (C=O) groups excluding carboxylic acids is 1. The SMILES string of the molecule is CCC(C)(C)c1ccc(C(C)(C)c2ccc(OC(=O)c3ccccc3)c(C)c2)cc1C. The highest BCUT2D eigenvalue weighted by atomic mass is 16.5. The highest BCUT2D eigenvalue weighted by Crippen LogP contribution is 2.37. The van der Waals surface area contributed by atoms with Gasteiger partial charge in [-0.25, -0.2) is 4.79 Å². The summed E-state index contributed by atoms with van der Waals surface area (Å²) in [4.78, 5) is 12.4. The normalized spacial score (nSPS) is 12.0. The van der Waals surface area contributed by atoms with Crippen molar-refractivity contribution >= 4 is 5.97 Å². The molecule has 31 heavy (non-hydrogen) atoms. The second-order valence-corrected chi connectivity index (χ2v) is 9.63. The van der Waals surface area contributed by atoms with Crippen LogP contribution in [-0.2, 0) is 10.8 Å². The summed E-state index contributed by atoms with van der Waals surface area (Å²) in [6.45, 7) is 15.5. The Balaban J connectivity index is 1.88. The van der Waals surface area contributed by atoms with E-state index in [0.29, 0.717) is 11.3 Å². The van der Waals surface area contributed by atoms with Crippen molar-refractivity contribution in [3.05, 3.63) is 100 Å². The van der Waals surface area contributed by atoms with Crippen molar-refractivity contribution in [3.63, 3.8) is 0 Å². The topological polar surface area (TPSA) is 26.3 Å². The quantitative estimate of drug-likeness (QED) is 0.308. The molecular weight excluding hydrogens is 380 g/mol. The van der Waals surface area contributed by atoms with Crippen LogP contribution in [0.4, 0.5) is 0 Å². The van der Waals surface area contributed by atoms with Gasteiger partial charge in [0.15, 0.2) is 0 Å². The van der Waals surface area contributed by atoms with Gasteiger partial charge in [0.05, 0.1) is 5.56 Å². The summed E-state index contributed by atoms with van der Waals surface area (Å²) in [5.41, 5.74) is 6.75. The standard InChI is InChI=1S/C29H34O2/c1-8-28(4,5)25-16-14-23(18-20(25)2)29(6,7)24-15-17-26(21(3)19-24)31-27(30)22-12-10-9-11-13-22/h9-19H,8H2,1-7H3. The fourth-order valence-corrected chi connectivity index (χ4v) is 4.05. The van der Waals surface area contributed by atoms with Gasteiger partial charge in [0.1, 0.15) is 5.75 Å². The predicted octanol–water partition coefficient (Wildman–Crippen LogP) is 7.54. The Kier molecular flexibility index (Phi) is 6.40. The largest absolute Gasteiger partial charge is 0.423 e. The van der Waals surface area contributed by atoms with E-state index in [1.807, 2.05) is 31.2 Å². The average Bonchev–Trinajstić information content (AvgIpc) is 2.75. The van der Waals surface area contributed by atoms with E-state index in [-0.39, 0.29) is 16.8 Å². The van der Waals surface area contributed by atoms with Crippen LogP contribution in [0.1, 0.15) is 79.2 Å². The van der Waals surface area contributed by atoms with Gasteiger partial charge in [-0.2, -0.15) is 0 Å². The Morgan fingerprint density at radius 1 is 0.806 bits per heavy atom. The molecule has 0 aliphatic rings. The lowest BCUT2D eigenvalue weighted by molar-refractivity contribution is 0.0733. The van der Waals surface area contributed by atoms with E-state index in [4.69, 9.17) is 4.74 Å². The van der Waals surface area contributed by atoms with Crippen LogP contribution in [0.5, 0.6) is 5.75 Å². The molecule has 0 aliphatic heterocycles. The molecule has 0 N–H and O–H groups in total. The molecule has 0 fully saturated rings. The zero-order valence-corrected chi connectivity index (χ0v) is 19.9. The molecule has 0 heterocycles. The van der Waals surface area contributed by atoms with Gasteiger partial charge < -0.3 is 4.74 Å². The summed E-state index contributed by atoms with van der Waals surface area (Å²) in [6.07, 6.45) is 1.11. The summed E-state index contributed by atoms with van der Waals surface area (Å²) in [5, 5.41) is 0. The lowest BCUT2D eigenvalue weighted by Crippen LogP contribution is -2.22. The molecule has 0 aliphatic carbocycles. The van der Waals surface area contributed by atoms with Gasteiger partial charge in [-0.05, 0) is 71.7 Å². The summed E-state index contributed by atoms with van der Waals surface area (Å²) in [7, 11) is 0. The lowest BCUT2D eigenvalue weighted by atomic mass is 9.74. The van der Waals surface area contributed by atoms with Crippen molar-refractivity contribution in [1.82, 2.24) is 0 Å². The number of aryl methyl sites for hydroxylation is 2. The lowest BCUT2D eigenvalue weighted by Gasteiger charge is -2.30. The first-order chi connectivity index (χ1) is 14.6. The summed E-state index contributed by atoms with van der Waals surface area (Å²) >= 11 is 0. The van der Waals surface area contributed by atoms with E-state index < -0.39 is 0 Å². The second-order valence-electron chi connectivity index (χ2n) is 9.63. The molecule has 0 amide bonds. The van der Waals surface area contributed by atoms with Crippen molar-refractivity contribution in [2.75, 3.05) is 0 Å². The average molecular weight is 415 g/mol. The first-order valence-corrected chi connectivity index (χ1v) is 11.1. The Hall–Kier alpha value is -2.87. The number of rotatable bonds is 6. The van der Waals surface area contributed by atoms with Gasteiger partial charge in [-0.3, -0.25) is 0 Å². The Labute approximate surface area is 187 Å². The Morgan fingerprint density at radius 2 is 1.39 bits per heavy atom. The second kappa shape index (κ2) is 8.70. The van der Waals surface area contributed by atoms with Crippen molar-refractivity contribution in [1.29, 1.82) is 0 Å². The van der Waals surface area contributed by atoms with E-state index in [2.05, 4.69) is 71.9 Å². The molecule has 2 nitrogen and oxygen atoms in total. The van der Waals surface area contributed by atoms with E-state index >= 15 is 0 Å². The van der Waals surface area contributed by atoms with Crippen LogP contribution < -0.4 is 4.74 Å². The maximum atomic E-state index is 12.4. The first kappa shape index (κ1) is 22.8. The predicted molar refractivity (Wildman–Crippen MR) is 129 cm³/mol. The van der Waals surface area contributed by atoms with Gasteiger partial charge in [-0.1, -0.05) is 83.1 Å². The third kappa shape index (κ3) is 4.74. The minimum atomic E-state index is -0.333. The smallest absolute Gasteiger partial charge is 0.343 e. The Bertz CT molecular complexity index is 1080. The van der Waals surface area contributed by atoms with Gasteiger partial charge in [-0.15, -0.1) is 0 Å². The van der Waals surface area contributed by atoms with Crippen molar-refractivity contribution in [2.45, 2.75) is 65.7 Å². The van der Waals surface area contributed by atoms with Crippen LogP contribution in [0.3, 0.4) is 0 Å². The molecule has 0 radical (unpaired) electrons. The molecule has 162 valence electrons. The zero-order valence-electron chi connectivity index (χ0n) is 19.9. The van der Waals surface area contributed by atoms with Crippen molar-refractivity contribution < 1.29 is 9.53 Å². The fourth-order valence-electron chi connectivity index (χ4n) is 4.05. The zero-order chi connectivity index (χ0) is 22.8. The first-order valence-electron chi connectivity index (χ1n) is 11.1. The highest BCUT2D eigenvalue weighted by molar-refractivity contribution is 5.91. The number of esters is 1. The maximum Gasteiger partial charge on any atom is 0.343 e. The Morgan fingerprint density at radius 3 is 1.94 bits per heavy atom. The summed E-state index contributed by atoms with van der Waals surface area (Å²) < 4.78 is 5.65. The maximum absolute atomic E-state index is 12.4. The number of carbonyl (C=O) groups is 1. The molecule has 0 unspecified atom stereocenters. The van der Waals surface area contributed by atoms with Crippen LogP contribution in [0.15, 0.2) is 66.7 Å². The van der Waals surface area contributed by atoms with Crippen LogP contribution in [0.25, 0.3) is 0 Å². The number of ether oxygens (including phenoxy) is 1. The van der Waals surface area contributed by atoms with Crippen LogP contribution in [-0.4, -0.2) is 5.97 Å². The van der Waals surface area contributed by atoms with E-state index in [1.54, 1.807) is 12.1 Å². The van der Waals surface area contributed by atoms with Gasteiger partial charge >= 0.3 is 5.97 Å². The third-order valence-electron chi connectivity index (χ3n) is 6.67. The van der Waals surface area contributed by atoms with Crippen LogP contribution in [0, 0.1) is 13.8 Å². The minimum Gasteiger partial charge on any atom is -0.423 e. The molecule has 0 aromatic heterocycles.